The van der Waals surface area contributed by atoms with E-state index in [-0.39, 0.29) is 11.4 Å². The lowest BCUT2D eigenvalue weighted by molar-refractivity contribution is -0.111. The first-order valence-electron chi connectivity index (χ1n) is 6.43. The molecule has 0 aromatic heterocycles. The van der Waals surface area contributed by atoms with E-state index in [2.05, 4.69) is 10.1 Å². The van der Waals surface area contributed by atoms with Crippen LogP contribution in [0.15, 0.2) is 48.5 Å². The van der Waals surface area contributed by atoms with Crippen LogP contribution in [0, 0.1) is 0 Å². The normalized spacial score (nSPS) is 11.0. The first-order chi connectivity index (χ1) is 11.0. The summed E-state index contributed by atoms with van der Waals surface area (Å²) < 4.78 is 28.9. The van der Waals surface area contributed by atoms with Crippen LogP contribution in [-0.4, -0.2) is 12.5 Å². The topological polar surface area (TPSA) is 38.3 Å². The molecular weight excluding hydrogens is 347 g/mol. The number of carbonyl (C=O) groups is 1. The Kier molecular flexibility index (Phi) is 5.96. The number of carbonyl (C=O) groups excluding carboxylic acids is 1. The fourth-order valence-corrected chi connectivity index (χ4v) is 2.04. The molecule has 0 aliphatic rings. The molecule has 2 aromatic carbocycles. The third-order valence-electron chi connectivity index (χ3n) is 2.73. The van der Waals surface area contributed by atoms with Crippen LogP contribution < -0.4 is 10.1 Å². The van der Waals surface area contributed by atoms with E-state index in [0.717, 1.165) is 0 Å². The van der Waals surface area contributed by atoms with Crippen molar-refractivity contribution in [2.24, 2.45) is 0 Å². The van der Waals surface area contributed by atoms with Crippen LogP contribution in [0.1, 0.15) is 5.56 Å². The van der Waals surface area contributed by atoms with Crippen LogP contribution >= 0.6 is 23.2 Å². The molecule has 2 aromatic rings. The Morgan fingerprint density at radius 1 is 1.13 bits per heavy atom. The van der Waals surface area contributed by atoms with Crippen molar-refractivity contribution >= 4 is 40.9 Å². The van der Waals surface area contributed by atoms with Gasteiger partial charge >= 0.3 is 6.61 Å². The summed E-state index contributed by atoms with van der Waals surface area (Å²) in [5, 5.41) is 3.24. The van der Waals surface area contributed by atoms with E-state index in [0.29, 0.717) is 15.6 Å². The van der Waals surface area contributed by atoms with Crippen LogP contribution in [0.3, 0.4) is 0 Å². The molecule has 3 nitrogen and oxygen atoms in total. The molecule has 0 heterocycles. The molecule has 2 rings (SSSR count). The summed E-state index contributed by atoms with van der Waals surface area (Å²) in [6.07, 6.45) is 2.77. The molecule has 0 aliphatic carbocycles. The summed E-state index contributed by atoms with van der Waals surface area (Å²) in [5.41, 5.74) is 0.822. The molecule has 120 valence electrons. The number of anilines is 1. The molecule has 0 saturated heterocycles. The summed E-state index contributed by atoms with van der Waals surface area (Å²) in [6, 6.07) is 10.8. The minimum atomic E-state index is -2.97. The second-order valence-corrected chi connectivity index (χ2v) is 5.19. The monoisotopic (exact) mass is 357 g/mol. The Morgan fingerprint density at radius 2 is 1.87 bits per heavy atom. The number of benzene rings is 2. The van der Waals surface area contributed by atoms with E-state index < -0.39 is 12.5 Å². The van der Waals surface area contributed by atoms with Gasteiger partial charge in [-0.3, -0.25) is 4.79 Å². The van der Waals surface area contributed by atoms with E-state index in [4.69, 9.17) is 23.2 Å². The second-order valence-electron chi connectivity index (χ2n) is 4.37. The van der Waals surface area contributed by atoms with Crippen LogP contribution in [0.4, 0.5) is 14.5 Å². The maximum absolute atomic E-state index is 12.3. The van der Waals surface area contributed by atoms with Gasteiger partial charge < -0.3 is 10.1 Å². The van der Waals surface area contributed by atoms with Gasteiger partial charge in [0.1, 0.15) is 5.75 Å². The molecule has 0 fully saturated rings. The van der Waals surface area contributed by atoms with Gasteiger partial charge in [0.25, 0.3) is 0 Å². The number of rotatable bonds is 5. The molecule has 0 bridgehead atoms. The Labute approximate surface area is 141 Å². The average Bonchev–Trinajstić information content (AvgIpc) is 2.50. The van der Waals surface area contributed by atoms with Crippen LogP contribution in [0.5, 0.6) is 5.75 Å². The van der Waals surface area contributed by atoms with E-state index >= 15 is 0 Å². The Hall–Kier alpha value is -2.11. The lowest BCUT2D eigenvalue weighted by Gasteiger charge is -2.10. The minimum Gasteiger partial charge on any atom is -0.433 e. The Morgan fingerprint density at radius 3 is 2.57 bits per heavy atom. The summed E-state index contributed by atoms with van der Waals surface area (Å²) >= 11 is 11.7. The van der Waals surface area contributed by atoms with Gasteiger partial charge in [-0.1, -0.05) is 41.4 Å². The highest BCUT2D eigenvalue weighted by Crippen LogP contribution is 2.26. The smallest absolute Gasteiger partial charge is 0.387 e. The lowest BCUT2D eigenvalue weighted by Crippen LogP contribution is -2.11. The molecule has 0 unspecified atom stereocenters. The number of hydrogen-bond donors (Lipinski definition) is 1. The first-order valence-corrected chi connectivity index (χ1v) is 7.19. The third-order valence-corrected chi connectivity index (χ3v) is 3.47. The van der Waals surface area contributed by atoms with Crippen LogP contribution in [0.25, 0.3) is 6.08 Å². The molecule has 0 aliphatic heterocycles. The average molecular weight is 358 g/mol. The van der Waals surface area contributed by atoms with E-state index in [1.54, 1.807) is 24.3 Å². The van der Waals surface area contributed by atoms with Crippen molar-refractivity contribution in [3.8, 4) is 5.75 Å². The van der Waals surface area contributed by atoms with Gasteiger partial charge in [0.15, 0.2) is 0 Å². The van der Waals surface area contributed by atoms with Gasteiger partial charge in [-0.15, -0.1) is 0 Å². The number of hydrogen-bond acceptors (Lipinski definition) is 2. The number of ether oxygens (including phenoxy) is 1. The van der Waals surface area contributed by atoms with Gasteiger partial charge in [0, 0.05) is 6.08 Å². The molecule has 0 atom stereocenters. The van der Waals surface area contributed by atoms with Crippen molar-refractivity contribution in [3.05, 3.63) is 64.1 Å². The Balaban J connectivity index is 2.07. The van der Waals surface area contributed by atoms with Gasteiger partial charge in [0.05, 0.1) is 15.7 Å². The number of alkyl halides is 2. The van der Waals surface area contributed by atoms with Gasteiger partial charge in [-0.05, 0) is 35.9 Å². The largest absolute Gasteiger partial charge is 0.433 e. The quantitative estimate of drug-likeness (QED) is 0.742. The summed E-state index contributed by atoms with van der Waals surface area (Å²) in [7, 11) is 0. The zero-order valence-corrected chi connectivity index (χ0v) is 13.1. The molecule has 1 amide bonds. The summed E-state index contributed by atoms with van der Waals surface area (Å²) in [4.78, 5) is 11.9. The van der Waals surface area contributed by atoms with E-state index in [1.165, 1.54) is 30.4 Å². The second kappa shape index (κ2) is 7.94. The van der Waals surface area contributed by atoms with Crippen molar-refractivity contribution in [3.63, 3.8) is 0 Å². The van der Waals surface area contributed by atoms with Crippen molar-refractivity contribution in [1.82, 2.24) is 0 Å². The summed E-state index contributed by atoms with van der Waals surface area (Å²) in [5.74, 6) is -0.611. The highest BCUT2D eigenvalue weighted by molar-refractivity contribution is 6.42. The van der Waals surface area contributed by atoms with Gasteiger partial charge in [-0.2, -0.15) is 8.78 Å². The SMILES string of the molecule is O=C(/C=C/c1ccc(Cl)c(Cl)c1)Nc1ccccc1OC(F)F. The molecule has 0 saturated carbocycles. The number of amides is 1. The zero-order valence-electron chi connectivity index (χ0n) is 11.6. The standard InChI is InChI=1S/C16H11Cl2F2NO2/c17-11-7-5-10(9-12(11)18)6-8-15(22)21-13-3-1-2-4-14(13)23-16(19)20/h1-9,16H,(H,21,22)/b8-6+. The first kappa shape index (κ1) is 17.2. The molecule has 1 N–H and O–H groups in total. The van der Waals surface area contributed by atoms with Crippen molar-refractivity contribution in [2.75, 3.05) is 5.32 Å². The van der Waals surface area contributed by atoms with Crippen molar-refractivity contribution in [2.45, 2.75) is 6.61 Å². The molecule has 23 heavy (non-hydrogen) atoms. The zero-order chi connectivity index (χ0) is 16.8. The number of halogens is 4. The lowest BCUT2D eigenvalue weighted by atomic mass is 10.2. The highest BCUT2D eigenvalue weighted by atomic mass is 35.5. The highest BCUT2D eigenvalue weighted by Gasteiger charge is 2.10. The maximum atomic E-state index is 12.3. The van der Waals surface area contributed by atoms with Crippen LogP contribution in [0.2, 0.25) is 10.0 Å². The predicted molar refractivity (Wildman–Crippen MR) is 87.2 cm³/mol. The summed E-state index contributed by atoms with van der Waals surface area (Å²) in [6.45, 7) is -2.97. The predicted octanol–water partition coefficient (Wildman–Crippen LogP) is 5.25. The van der Waals surface area contributed by atoms with E-state index in [9.17, 15) is 13.6 Å². The van der Waals surface area contributed by atoms with E-state index in [1.807, 2.05) is 0 Å². The fourth-order valence-electron chi connectivity index (χ4n) is 1.73. The minimum absolute atomic E-state index is 0.112. The van der Waals surface area contributed by atoms with Gasteiger partial charge in [-0.25, -0.2) is 0 Å². The Bertz CT molecular complexity index is 736. The fraction of sp³-hybridized carbons (Fsp3) is 0.0625. The molecule has 7 heteroatoms. The van der Waals surface area contributed by atoms with Crippen molar-refractivity contribution < 1.29 is 18.3 Å². The van der Waals surface area contributed by atoms with Crippen molar-refractivity contribution in [1.29, 1.82) is 0 Å². The molecular formula is C16H11Cl2F2NO2. The molecule has 0 radical (unpaired) electrons. The third kappa shape index (κ3) is 5.23. The van der Waals surface area contributed by atoms with Crippen LogP contribution in [-0.2, 0) is 4.79 Å². The number of para-hydroxylation sites is 2. The van der Waals surface area contributed by atoms with Gasteiger partial charge in [0.2, 0.25) is 5.91 Å². The molecule has 0 spiro atoms. The number of nitrogens with one attached hydrogen (secondary N) is 1. The maximum Gasteiger partial charge on any atom is 0.387 e.